The van der Waals surface area contributed by atoms with Crippen LogP contribution in [0.4, 0.5) is 0 Å². The Hall–Kier alpha value is -0.810. The number of aromatic nitrogens is 3. The van der Waals surface area contributed by atoms with Crippen LogP contribution in [0.3, 0.4) is 0 Å². The summed E-state index contributed by atoms with van der Waals surface area (Å²) in [5, 5.41) is 3.05. The van der Waals surface area contributed by atoms with Crippen molar-refractivity contribution in [2.45, 2.75) is 13.3 Å². The Bertz CT molecular complexity index is 407. The third-order valence-corrected chi connectivity index (χ3v) is 2.86. The van der Waals surface area contributed by atoms with Crippen LogP contribution in [0.5, 0.6) is 0 Å². The van der Waals surface area contributed by atoms with Crippen LogP contribution in [0, 0.1) is 6.92 Å². The zero-order valence-corrected chi connectivity index (χ0v) is 9.97. The van der Waals surface area contributed by atoms with Gasteiger partial charge in [-0.15, -0.1) is 11.3 Å². The van der Waals surface area contributed by atoms with Gasteiger partial charge in [-0.25, -0.2) is 15.0 Å². The third kappa shape index (κ3) is 2.36. The van der Waals surface area contributed by atoms with Gasteiger partial charge in [0.15, 0.2) is 0 Å². The molecule has 2 aromatic rings. The molecule has 0 N–H and O–H groups in total. The molecule has 0 fully saturated rings. The molecule has 0 bridgehead atoms. The van der Waals surface area contributed by atoms with Crippen molar-refractivity contribution in [1.82, 2.24) is 15.0 Å². The van der Waals surface area contributed by atoms with Crippen LogP contribution in [0.25, 0.3) is 0 Å². The van der Waals surface area contributed by atoms with E-state index in [1.807, 2.05) is 24.6 Å². The van der Waals surface area contributed by atoms with E-state index in [2.05, 4.69) is 30.9 Å². The molecule has 72 valence electrons. The lowest BCUT2D eigenvalue weighted by Gasteiger charge is -1.99. The molecule has 0 radical (unpaired) electrons. The highest BCUT2D eigenvalue weighted by Gasteiger charge is 2.02. The van der Waals surface area contributed by atoms with Gasteiger partial charge >= 0.3 is 0 Å². The number of thiazole rings is 1. The first kappa shape index (κ1) is 9.73. The first-order chi connectivity index (χ1) is 6.74. The minimum atomic E-state index is 0.777. The van der Waals surface area contributed by atoms with Gasteiger partial charge < -0.3 is 0 Å². The highest BCUT2D eigenvalue weighted by Crippen LogP contribution is 2.13. The zero-order chi connectivity index (χ0) is 9.97. The highest BCUT2D eigenvalue weighted by atomic mass is 79.9. The van der Waals surface area contributed by atoms with Crippen molar-refractivity contribution in [3.63, 3.8) is 0 Å². The van der Waals surface area contributed by atoms with Crippen LogP contribution >= 0.6 is 27.3 Å². The van der Waals surface area contributed by atoms with Gasteiger partial charge in [0.25, 0.3) is 0 Å². The Morgan fingerprint density at radius 2 is 2.29 bits per heavy atom. The summed E-state index contributed by atoms with van der Waals surface area (Å²) in [6.45, 7) is 1.89. The monoisotopic (exact) mass is 269 g/mol. The molecule has 0 spiro atoms. The molecule has 0 aliphatic rings. The summed E-state index contributed by atoms with van der Waals surface area (Å²) in [5.74, 6) is 0.783. The molecule has 0 aromatic carbocycles. The van der Waals surface area contributed by atoms with Crippen LogP contribution < -0.4 is 0 Å². The van der Waals surface area contributed by atoms with Crippen molar-refractivity contribution in [1.29, 1.82) is 0 Å². The lowest BCUT2D eigenvalue weighted by Crippen LogP contribution is -1.96. The minimum Gasteiger partial charge on any atom is -0.249 e. The average Bonchev–Trinajstić information content (AvgIpc) is 2.54. The lowest BCUT2D eigenvalue weighted by atomic mass is 10.3. The summed E-state index contributed by atoms with van der Waals surface area (Å²) in [6, 6.07) is 1.92. The molecular weight excluding hydrogens is 262 g/mol. The lowest BCUT2D eigenvalue weighted by molar-refractivity contribution is 0.948. The number of hydrogen-bond acceptors (Lipinski definition) is 4. The fourth-order valence-electron chi connectivity index (χ4n) is 1.18. The van der Waals surface area contributed by atoms with E-state index in [4.69, 9.17) is 0 Å². The molecule has 0 aliphatic carbocycles. The van der Waals surface area contributed by atoms with Crippen LogP contribution in [-0.4, -0.2) is 15.0 Å². The maximum absolute atomic E-state index is 4.33. The van der Waals surface area contributed by atoms with E-state index in [0.29, 0.717) is 0 Å². The van der Waals surface area contributed by atoms with Gasteiger partial charge in [-0.3, -0.25) is 0 Å². The van der Waals surface area contributed by atoms with Crippen LogP contribution in [0.2, 0.25) is 0 Å². The second-order valence-corrected chi connectivity index (χ2v) is 4.62. The molecule has 0 amide bonds. The van der Waals surface area contributed by atoms with Crippen molar-refractivity contribution < 1.29 is 0 Å². The fourth-order valence-corrected chi connectivity index (χ4v) is 2.33. The number of hydrogen-bond donors (Lipinski definition) is 0. The van der Waals surface area contributed by atoms with E-state index in [9.17, 15) is 0 Å². The Kier molecular flexibility index (Phi) is 2.88. The smallest absolute Gasteiger partial charge is 0.126 e. The van der Waals surface area contributed by atoms with Crippen molar-refractivity contribution >= 4 is 27.3 Å². The molecular formula is C9H8BrN3S. The largest absolute Gasteiger partial charge is 0.249 e. The Labute approximate surface area is 94.4 Å². The molecule has 0 unspecified atom stereocenters. The molecule has 14 heavy (non-hydrogen) atoms. The summed E-state index contributed by atoms with van der Waals surface area (Å²) in [5.41, 5.74) is 0.999. The molecule has 5 heteroatoms. The quantitative estimate of drug-likeness (QED) is 0.787. The third-order valence-electron chi connectivity index (χ3n) is 1.68. The van der Waals surface area contributed by atoms with Gasteiger partial charge in [0.1, 0.15) is 10.4 Å². The number of halogens is 1. The van der Waals surface area contributed by atoms with Crippen LogP contribution in [-0.2, 0) is 6.42 Å². The van der Waals surface area contributed by atoms with Crippen molar-refractivity contribution in [3.05, 3.63) is 38.8 Å². The molecule has 2 aromatic heterocycles. The van der Waals surface area contributed by atoms with Crippen molar-refractivity contribution in [2.75, 3.05) is 0 Å². The van der Waals surface area contributed by atoms with Gasteiger partial charge in [0.2, 0.25) is 0 Å². The normalized spacial score (nSPS) is 10.4. The van der Waals surface area contributed by atoms with E-state index in [-0.39, 0.29) is 0 Å². The summed E-state index contributed by atoms with van der Waals surface area (Å²) in [7, 11) is 0. The predicted molar refractivity (Wildman–Crippen MR) is 59.4 cm³/mol. The molecule has 2 heterocycles. The van der Waals surface area contributed by atoms with Gasteiger partial charge in [-0.2, -0.15) is 0 Å². The fraction of sp³-hybridized carbons (Fsp3) is 0.222. The topological polar surface area (TPSA) is 38.7 Å². The van der Waals surface area contributed by atoms with E-state index < -0.39 is 0 Å². The number of aryl methyl sites for hydroxylation is 1. The SMILES string of the molecule is Cc1nc(Br)cc(Cc2nccs2)n1. The second kappa shape index (κ2) is 4.14. The van der Waals surface area contributed by atoms with Gasteiger partial charge in [0.05, 0.1) is 10.7 Å². The molecule has 0 aliphatic heterocycles. The molecule has 0 saturated carbocycles. The molecule has 0 saturated heterocycles. The Morgan fingerprint density at radius 1 is 1.43 bits per heavy atom. The molecule has 2 rings (SSSR count). The van der Waals surface area contributed by atoms with E-state index >= 15 is 0 Å². The van der Waals surface area contributed by atoms with Crippen LogP contribution in [0.1, 0.15) is 16.5 Å². The Balaban J connectivity index is 2.25. The van der Waals surface area contributed by atoms with Gasteiger partial charge in [0, 0.05) is 18.0 Å². The van der Waals surface area contributed by atoms with Crippen molar-refractivity contribution in [3.8, 4) is 0 Å². The maximum Gasteiger partial charge on any atom is 0.126 e. The Morgan fingerprint density at radius 3 is 2.93 bits per heavy atom. The van der Waals surface area contributed by atoms with Crippen LogP contribution in [0.15, 0.2) is 22.2 Å². The predicted octanol–water partition coefficient (Wildman–Crippen LogP) is 2.59. The first-order valence-electron chi connectivity index (χ1n) is 4.12. The molecule has 3 nitrogen and oxygen atoms in total. The van der Waals surface area contributed by atoms with E-state index in [0.717, 1.165) is 27.5 Å². The summed E-state index contributed by atoms with van der Waals surface area (Å²) >= 11 is 4.99. The average molecular weight is 270 g/mol. The van der Waals surface area contributed by atoms with Gasteiger partial charge in [-0.1, -0.05) is 0 Å². The summed E-state index contributed by atoms with van der Waals surface area (Å²) < 4.78 is 0.830. The highest BCUT2D eigenvalue weighted by molar-refractivity contribution is 9.10. The molecule has 0 atom stereocenters. The van der Waals surface area contributed by atoms with Gasteiger partial charge in [-0.05, 0) is 28.9 Å². The summed E-state index contributed by atoms with van der Waals surface area (Å²) in [6.07, 6.45) is 2.59. The minimum absolute atomic E-state index is 0.777. The zero-order valence-electron chi connectivity index (χ0n) is 7.57. The second-order valence-electron chi connectivity index (χ2n) is 2.83. The maximum atomic E-state index is 4.33. The number of rotatable bonds is 2. The van der Waals surface area contributed by atoms with E-state index in [1.54, 1.807) is 11.3 Å². The summed E-state index contributed by atoms with van der Waals surface area (Å²) in [4.78, 5) is 12.7. The van der Waals surface area contributed by atoms with E-state index in [1.165, 1.54) is 0 Å². The van der Waals surface area contributed by atoms with Crippen molar-refractivity contribution in [2.24, 2.45) is 0 Å². The standard InChI is InChI=1S/C9H8BrN3S/c1-6-12-7(4-8(10)13-6)5-9-11-2-3-14-9/h2-4H,5H2,1H3. The number of nitrogens with zero attached hydrogens (tertiary/aromatic N) is 3. The first-order valence-corrected chi connectivity index (χ1v) is 5.80.